The first-order valence-corrected chi connectivity index (χ1v) is 3.17. The van der Waals surface area contributed by atoms with Crippen LogP contribution < -0.4 is 5.32 Å². The van der Waals surface area contributed by atoms with Crippen molar-refractivity contribution in [3.05, 3.63) is 0 Å². The summed E-state index contributed by atoms with van der Waals surface area (Å²) in [5.74, 6) is 0.757. The fraction of sp³-hybridized carbons (Fsp3) is 1.00. The molecule has 2 heteroatoms. The summed E-state index contributed by atoms with van der Waals surface area (Å²) in [6.07, 6.45) is 1.14. The zero-order valence-corrected chi connectivity index (χ0v) is 5.22. The highest BCUT2D eigenvalue weighted by atomic mass is 16.3. The van der Waals surface area contributed by atoms with Gasteiger partial charge in [0.2, 0.25) is 0 Å². The lowest BCUT2D eigenvalue weighted by Crippen LogP contribution is -2.24. The second kappa shape index (κ2) is 2.46. The van der Waals surface area contributed by atoms with E-state index in [1.165, 1.54) is 0 Å². The standard InChI is InChI=1S/C6H13NO/c1-5-2-6(4-8)7-3-5/h5-8H,2-4H2,1H3/t5-,6+/m1/s1. The van der Waals surface area contributed by atoms with Gasteiger partial charge in [-0.2, -0.15) is 0 Å². The Balaban J connectivity index is 2.22. The van der Waals surface area contributed by atoms with Crippen LogP contribution >= 0.6 is 0 Å². The maximum Gasteiger partial charge on any atom is 0.0584 e. The Kier molecular flexibility index (Phi) is 1.86. The van der Waals surface area contributed by atoms with Crippen LogP contribution in [0.5, 0.6) is 0 Å². The monoisotopic (exact) mass is 115 g/mol. The Labute approximate surface area is 49.9 Å². The summed E-state index contributed by atoms with van der Waals surface area (Å²) < 4.78 is 0. The summed E-state index contributed by atoms with van der Waals surface area (Å²) in [6, 6.07) is 0.380. The SMILES string of the molecule is C[C@H]1CN[C@H](CO)C1. The molecule has 0 aliphatic carbocycles. The van der Waals surface area contributed by atoms with E-state index in [2.05, 4.69) is 12.2 Å². The van der Waals surface area contributed by atoms with Crippen molar-refractivity contribution >= 4 is 0 Å². The molecule has 1 heterocycles. The normalized spacial score (nSPS) is 38.2. The number of hydrogen-bond donors (Lipinski definition) is 2. The Morgan fingerprint density at radius 2 is 2.50 bits per heavy atom. The van der Waals surface area contributed by atoms with E-state index in [1.54, 1.807) is 0 Å². The third-order valence-corrected chi connectivity index (χ3v) is 1.66. The molecule has 0 aromatic rings. The van der Waals surface area contributed by atoms with Gasteiger partial charge in [0, 0.05) is 6.04 Å². The molecule has 1 aliphatic rings. The molecule has 2 atom stereocenters. The third kappa shape index (κ3) is 1.20. The molecule has 0 bridgehead atoms. The van der Waals surface area contributed by atoms with E-state index in [9.17, 15) is 0 Å². The van der Waals surface area contributed by atoms with Crippen molar-refractivity contribution in [3.63, 3.8) is 0 Å². The van der Waals surface area contributed by atoms with Crippen LogP contribution in [-0.2, 0) is 0 Å². The van der Waals surface area contributed by atoms with Crippen molar-refractivity contribution < 1.29 is 5.11 Å². The highest BCUT2D eigenvalue weighted by molar-refractivity contribution is 4.77. The Morgan fingerprint density at radius 3 is 2.75 bits per heavy atom. The summed E-state index contributed by atoms with van der Waals surface area (Å²) >= 11 is 0. The lowest BCUT2D eigenvalue weighted by Gasteiger charge is -2.02. The number of aliphatic hydroxyl groups excluding tert-OH is 1. The molecule has 1 saturated heterocycles. The minimum absolute atomic E-state index is 0.296. The molecule has 0 aromatic heterocycles. The molecule has 8 heavy (non-hydrogen) atoms. The van der Waals surface area contributed by atoms with Crippen molar-refractivity contribution in [2.24, 2.45) is 5.92 Å². The Morgan fingerprint density at radius 1 is 1.75 bits per heavy atom. The molecule has 0 radical (unpaired) electrons. The molecule has 0 unspecified atom stereocenters. The first-order chi connectivity index (χ1) is 3.83. The van der Waals surface area contributed by atoms with Crippen LogP contribution in [0.3, 0.4) is 0 Å². The lowest BCUT2D eigenvalue weighted by atomic mass is 10.1. The maximum atomic E-state index is 8.62. The molecule has 1 rings (SSSR count). The summed E-state index contributed by atoms with van der Waals surface area (Å²) in [7, 11) is 0. The van der Waals surface area contributed by atoms with E-state index >= 15 is 0 Å². The average Bonchev–Trinajstić information content (AvgIpc) is 2.14. The quantitative estimate of drug-likeness (QED) is 0.503. The molecule has 2 nitrogen and oxygen atoms in total. The molecule has 0 aromatic carbocycles. The highest BCUT2D eigenvalue weighted by Gasteiger charge is 2.18. The van der Waals surface area contributed by atoms with E-state index in [0.717, 1.165) is 18.9 Å². The highest BCUT2D eigenvalue weighted by Crippen LogP contribution is 2.11. The van der Waals surface area contributed by atoms with Crippen LogP contribution in [0.1, 0.15) is 13.3 Å². The smallest absolute Gasteiger partial charge is 0.0584 e. The van der Waals surface area contributed by atoms with Gasteiger partial charge in [-0.15, -0.1) is 0 Å². The van der Waals surface area contributed by atoms with E-state index < -0.39 is 0 Å². The Bertz CT molecular complexity index is 74.9. The van der Waals surface area contributed by atoms with Gasteiger partial charge in [-0.1, -0.05) is 6.92 Å². The topological polar surface area (TPSA) is 32.3 Å². The maximum absolute atomic E-state index is 8.62. The first kappa shape index (κ1) is 6.05. The van der Waals surface area contributed by atoms with Crippen LogP contribution in [0.15, 0.2) is 0 Å². The minimum Gasteiger partial charge on any atom is -0.395 e. The molecule has 1 aliphatic heterocycles. The Hall–Kier alpha value is -0.0800. The van der Waals surface area contributed by atoms with Gasteiger partial charge < -0.3 is 10.4 Å². The zero-order valence-electron chi connectivity index (χ0n) is 5.22. The van der Waals surface area contributed by atoms with E-state index in [-0.39, 0.29) is 0 Å². The van der Waals surface area contributed by atoms with Crippen LogP contribution in [0, 0.1) is 5.92 Å². The van der Waals surface area contributed by atoms with Gasteiger partial charge in [0.15, 0.2) is 0 Å². The van der Waals surface area contributed by atoms with Crippen molar-refractivity contribution in [2.45, 2.75) is 19.4 Å². The predicted molar refractivity (Wildman–Crippen MR) is 32.7 cm³/mol. The van der Waals surface area contributed by atoms with Crippen molar-refractivity contribution in [1.82, 2.24) is 5.32 Å². The molecular formula is C6H13NO. The third-order valence-electron chi connectivity index (χ3n) is 1.66. The number of nitrogens with one attached hydrogen (secondary N) is 1. The van der Waals surface area contributed by atoms with Crippen LogP contribution in [0.4, 0.5) is 0 Å². The summed E-state index contributed by atoms with van der Waals surface area (Å²) in [5, 5.41) is 11.8. The van der Waals surface area contributed by atoms with Gasteiger partial charge in [-0.05, 0) is 18.9 Å². The molecule has 1 fully saturated rings. The summed E-state index contributed by atoms with van der Waals surface area (Å²) in [5.41, 5.74) is 0. The molecule has 0 saturated carbocycles. The van der Waals surface area contributed by atoms with Gasteiger partial charge in [-0.25, -0.2) is 0 Å². The van der Waals surface area contributed by atoms with E-state index in [0.29, 0.717) is 12.6 Å². The molecule has 2 N–H and O–H groups in total. The fourth-order valence-electron chi connectivity index (χ4n) is 1.16. The molecule has 0 spiro atoms. The number of hydrogen-bond acceptors (Lipinski definition) is 2. The predicted octanol–water partition coefficient (Wildman–Crippen LogP) is -0.0233. The van der Waals surface area contributed by atoms with Crippen LogP contribution in [-0.4, -0.2) is 24.3 Å². The van der Waals surface area contributed by atoms with Gasteiger partial charge >= 0.3 is 0 Å². The van der Waals surface area contributed by atoms with Gasteiger partial charge in [0.05, 0.1) is 6.61 Å². The summed E-state index contributed by atoms with van der Waals surface area (Å²) in [4.78, 5) is 0. The van der Waals surface area contributed by atoms with Crippen molar-refractivity contribution in [2.75, 3.05) is 13.2 Å². The number of rotatable bonds is 1. The largest absolute Gasteiger partial charge is 0.395 e. The second-order valence-electron chi connectivity index (χ2n) is 2.63. The fourth-order valence-corrected chi connectivity index (χ4v) is 1.16. The van der Waals surface area contributed by atoms with Crippen molar-refractivity contribution in [3.8, 4) is 0 Å². The average molecular weight is 115 g/mol. The van der Waals surface area contributed by atoms with Crippen LogP contribution in [0.25, 0.3) is 0 Å². The van der Waals surface area contributed by atoms with Crippen molar-refractivity contribution in [1.29, 1.82) is 0 Å². The molecule has 0 amide bonds. The van der Waals surface area contributed by atoms with Crippen LogP contribution in [0.2, 0.25) is 0 Å². The first-order valence-electron chi connectivity index (χ1n) is 3.17. The van der Waals surface area contributed by atoms with Gasteiger partial charge in [0.1, 0.15) is 0 Å². The minimum atomic E-state index is 0.296. The van der Waals surface area contributed by atoms with Gasteiger partial charge in [-0.3, -0.25) is 0 Å². The van der Waals surface area contributed by atoms with Gasteiger partial charge in [0.25, 0.3) is 0 Å². The zero-order chi connectivity index (χ0) is 5.98. The molecular weight excluding hydrogens is 102 g/mol. The lowest BCUT2D eigenvalue weighted by molar-refractivity contribution is 0.253. The van der Waals surface area contributed by atoms with E-state index in [4.69, 9.17) is 5.11 Å². The number of aliphatic hydroxyl groups is 1. The van der Waals surface area contributed by atoms with E-state index in [1.807, 2.05) is 0 Å². The molecule has 48 valence electrons. The summed E-state index contributed by atoms with van der Waals surface area (Å²) in [6.45, 7) is 3.57. The second-order valence-corrected chi connectivity index (χ2v) is 2.63.